The summed E-state index contributed by atoms with van der Waals surface area (Å²) in [7, 11) is 1.98. The predicted octanol–water partition coefficient (Wildman–Crippen LogP) is 0.442. The first-order valence-electron chi connectivity index (χ1n) is 7.19. The van der Waals surface area contributed by atoms with Gasteiger partial charge in [-0.05, 0) is 12.8 Å². The summed E-state index contributed by atoms with van der Waals surface area (Å²) in [5.74, 6) is 2.47. The molecule has 0 saturated carbocycles. The standard InChI is InChI=1S/C13H20N8/c1-20-9-6-15-10(20)4-5-16-12-17-11(14)18-13(19-12)21-7-2-3-8-21/h6,9H,2-5,7-8H2,1H3,(H3,14,16,17,18,19). The Balaban J connectivity index is 1.63. The Morgan fingerprint density at radius 2 is 2.05 bits per heavy atom. The number of nitrogens with zero attached hydrogens (tertiary/aromatic N) is 6. The zero-order valence-electron chi connectivity index (χ0n) is 12.2. The number of imidazole rings is 1. The molecule has 3 N–H and O–H groups in total. The molecule has 2 aromatic heterocycles. The number of nitrogen functional groups attached to an aromatic ring is 1. The second-order valence-corrected chi connectivity index (χ2v) is 5.14. The molecule has 3 rings (SSSR count). The third-order valence-electron chi connectivity index (χ3n) is 3.58. The van der Waals surface area contributed by atoms with Crippen LogP contribution in [0.1, 0.15) is 18.7 Å². The highest BCUT2D eigenvalue weighted by molar-refractivity contribution is 5.42. The van der Waals surface area contributed by atoms with Crippen molar-refractivity contribution in [3.05, 3.63) is 18.2 Å². The minimum absolute atomic E-state index is 0.256. The summed E-state index contributed by atoms with van der Waals surface area (Å²) in [5, 5.41) is 3.19. The van der Waals surface area contributed by atoms with Crippen molar-refractivity contribution in [2.75, 3.05) is 35.6 Å². The van der Waals surface area contributed by atoms with Gasteiger partial charge in [-0.25, -0.2) is 4.98 Å². The molecule has 0 amide bonds. The van der Waals surface area contributed by atoms with Gasteiger partial charge in [0.2, 0.25) is 17.8 Å². The normalized spacial score (nSPS) is 14.6. The highest BCUT2D eigenvalue weighted by atomic mass is 15.3. The zero-order chi connectivity index (χ0) is 14.7. The second kappa shape index (κ2) is 5.94. The molecule has 0 spiro atoms. The molecule has 2 aromatic rings. The van der Waals surface area contributed by atoms with Crippen molar-refractivity contribution in [3.8, 4) is 0 Å². The van der Waals surface area contributed by atoms with E-state index < -0.39 is 0 Å². The maximum atomic E-state index is 5.77. The molecule has 1 saturated heterocycles. The Kier molecular flexibility index (Phi) is 3.85. The van der Waals surface area contributed by atoms with Gasteiger partial charge in [0.1, 0.15) is 5.82 Å². The summed E-state index contributed by atoms with van der Waals surface area (Å²) in [5.41, 5.74) is 5.77. The molecule has 0 atom stereocenters. The van der Waals surface area contributed by atoms with Crippen LogP contribution in [-0.2, 0) is 13.5 Å². The largest absolute Gasteiger partial charge is 0.368 e. The van der Waals surface area contributed by atoms with Crippen molar-refractivity contribution >= 4 is 17.8 Å². The molecule has 0 bridgehead atoms. The Morgan fingerprint density at radius 3 is 2.76 bits per heavy atom. The molecular formula is C13H20N8. The van der Waals surface area contributed by atoms with Crippen LogP contribution in [0.3, 0.4) is 0 Å². The number of anilines is 3. The quantitative estimate of drug-likeness (QED) is 0.824. The molecule has 3 heterocycles. The fraction of sp³-hybridized carbons (Fsp3) is 0.538. The van der Waals surface area contributed by atoms with Crippen molar-refractivity contribution in [3.63, 3.8) is 0 Å². The number of nitrogens with one attached hydrogen (secondary N) is 1. The van der Waals surface area contributed by atoms with Gasteiger partial charge >= 0.3 is 0 Å². The highest BCUT2D eigenvalue weighted by Crippen LogP contribution is 2.17. The lowest BCUT2D eigenvalue weighted by atomic mass is 10.4. The molecule has 1 aliphatic rings. The van der Waals surface area contributed by atoms with Crippen LogP contribution in [0.15, 0.2) is 12.4 Å². The van der Waals surface area contributed by atoms with Gasteiger partial charge in [0.15, 0.2) is 0 Å². The van der Waals surface area contributed by atoms with Crippen LogP contribution >= 0.6 is 0 Å². The predicted molar refractivity (Wildman–Crippen MR) is 81.1 cm³/mol. The van der Waals surface area contributed by atoms with Gasteiger partial charge in [0.05, 0.1) is 0 Å². The first-order valence-corrected chi connectivity index (χ1v) is 7.19. The number of rotatable bonds is 5. The van der Waals surface area contributed by atoms with Crippen molar-refractivity contribution < 1.29 is 0 Å². The number of aryl methyl sites for hydroxylation is 1. The molecular weight excluding hydrogens is 268 g/mol. The first kappa shape index (κ1) is 13.6. The van der Waals surface area contributed by atoms with E-state index >= 15 is 0 Å². The van der Waals surface area contributed by atoms with Crippen molar-refractivity contribution in [1.29, 1.82) is 0 Å². The van der Waals surface area contributed by atoms with Gasteiger partial charge < -0.3 is 20.5 Å². The molecule has 1 aliphatic heterocycles. The molecule has 8 nitrogen and oxygen atoms in total. The maximum Gasteiger partial charge on any atom is 0.231 e. The van der Waals surface area contributed by atoms with E-state index in [1.54, 1.807) is 6.20 Å². The van der Waals surface area contributed by atoms with Gasteiger partial charge in [-0.1, -0.05) is 0 Å². The van der Waals surface area contributed by atoms with Crippen LogP contribution in [0.5, 0.6) is 0 Å². The zero-order valence-corrected chi connectivity index (χ0v) is 12.2. The Hall–Kier alpha value is -2.38. The van der Waals surface area contributed by atoms with Crippen LogP contribution in [0.4, 0.5) is 17.8 Å². The first-order chi connectivity index (χ1) is 10.2. The maximum absolute atomic E-state index is 5.77. The van der Waals surface area contributed by atoms with Crippen LogP contribution in [0, 0.1) is 0 Å². The van der Waals surface area contributed by atoms with Crippen LogP contribution in [0.2, 0.25) is 0 Å². The van der Waals surface area contributed by atoms with Gasteiger partial charge in [-0.3, -0.25) is 0 Å². The molecule has 0 radical (unpaired) electrons. The minimum atomic E-state index is 0.256. The van der Waals surface area contributed by atoms with Crippen molar-refractivity contribution in [2.24, 2.45) is 7.05 Å². The van der Waals surface area contributed by atoms with Crippen LogP contribution in [0.25, 0.3) is 0 Å². The van der Waals surface area contributed by atoms with E-state index in [4.69, 9.17) is 5.73 Å². The van der Waals surface area contributed by atoms with Crippen LogP contribution < -0.4 is 16.0 Å². The molecule has 112 valence electrons. The summed E-state index contributed by atoms with van der Waals surface area (Å²) in [6.45, 7) is 2.67. The van der Waals surface area contributed by atoms with E-state index in [-0.39, 0.29) is 5.95 Å². The average Bonchev–Trinajstić information content (AvgIpc) is 3.10. The molecule has 1 fully saturated rings. The summed E-state index contributed by atoms with van der Waals surface area (Å²) < 4.78 is 2.00. The average molecular weight is 288 g/mol. The van der Waals surface area contributed by atoms with Gasteiger partial charge in [-0.15, -0.1) is 0 Å². The number of nitrogens with two attached hydrogens (primary N) is 1. The topological polar surface area (TPSA) is 97.8 Å². The lowest BCUT2D eigenvalue weighted by Crippen LogP contribution is -2.22. The van der Waals surface area contributed by atoms with E-state index in [1.165, 1.54) is 12.8 Å². The third kappa shape index (κ3) is 3.21. The second-order valence-electron chi connectivity index (χ2n) is 5.14. The fourth-order valence-corrected chi connectivity index (χ4v) is 2.44. The smallest absolute Gasteiger partial charge is 0.231 e. The number of hydrogen-bond acceptors (Lipinski definition) is 7. The van der Waals surface area contributed by atoms with E-state index in [2.05, 4.69) is 30.2 Å². The van der Waals surface area contributed by atoms with Crippen LogP contribution in [-0.4, -0.2) is 44.1 Å². The fourth-order valence-electron chi connectivity index (χ4n) is 2.44. The summed E-state index contributed by atoms with van der Waals surface area (Å²) >= 11 is 0. The van der Waals surface area contributed by atoms with E-state index in [0.29, 0.717) is 18.4 Å². The SMILES string of the molecule is Cn1ccnc1CCNc1nc(N)nc(N2CCCC2)n1. The lowest BCUT2D eigenvalue weighted by molar-refractivity contribution is 0.785. The van der Waals surface area contributed by atoms with E-state index in [9.17, 15) is 0 Å². The molecule has 0 aliphatic carbocycles. The van der Waals surface area contributed by atoms with Gasteiger partial charge in [0, 0.05) is 45.5 Å². The summed E-state index contributed by atoms with van der Waals surface area (Å²) in [4.78, 5) is 19.2. The molecule has 8 heteroatoms. The van der Waals surface area contributed by atoms with Crippen molar-refractivity contribution in [2.45, 2.75) is 19.3 Å². The van der Waals surface area contributed by atoms with E-state index in [1.807, 2.05) is 17.8 Å². The minimum Gasteiger partial charge on any atom is -0.368 e. The Bertz CT molecular complexity index is 602. The number of hydrogen-bond donors (Lipinski definition) is 2. The van der Waals surface area contributed by atoms with Gasteiger partial charge in [-0.2, -0.15) is 15.0 Å². The molecule has 21 heavy (non-hydrogen) atoms. The van der Waals surface area contributed by atoms with Crippen molar-refractivity contribution in [1.82, 2.24) is 24.5 Å². The number of aromatic nitrogens is 5. The monoisotopic (exact) mass is 288 g/mol. The van der Waals surface area contributed by atoms with Gasteiger partial charge in [0.25, 0.3) is 0 Å². The Morgan fingerprint density at radius 1 is 1.24 bits per heavy atom. The third-order valence-corrected chi connectivity index (χ3v) is 3.58. The summed E-state index contributed by atoms with van der Waals surface area (Å²) in [6.07, 6.45) is 6.87. The molecule has 0 aromatic carbocycles. The highest BCUT2D eigenvalue weighted by Gasteiger charge is 2.16. The molecule has 0 unspecified atom stereocenters. The lowest BCUT2D eigenvalue weighted by Gasteiger charge is -2.16. The summed E-state index contributed by atoms with van der Waals surface area (Å²) in [6, 6.07) is 0. The van der Waals surface area contributed by atoms with E-state index in [0.717, 1.165) is 25.3 Å². The Labute approximate surface area is 123 Å².